The molecule has 1 rings (SSSR count). The summed E-state index contributed by atoms with van der Waals surface area (Å²) in [5.74, 6) is -1.68. The van der Waals surface area contributed by atoms with E-state index in [2.05, 4.69) is 14.8 Å². The topological polar surface area (TPSA) is 64.6 Å². The Hall–Kier alpha value is -2.51. The number of carbonyl (C=O) groups excluding carboxylic acids is 2. The number of halogens is 3. The maximum Gasteiger partial charge on any atom is 0.573 e. The van der Waals surface area contributed by atoms with Crippen molar-refractivity contribution in [3.63, 3.8) is 0 Å². The van der Waals surface area contributed by atoms with Crippen molar-refractivity contribution in [1.29, 1.82) is 0 Å². The Morgan fingerprint density at radius 3 is 2.38 bits per heavy atom. The Balaban J connectivity index is 2.48. The van der Waals surface area contributed by atoms with E-state index >= 15 is 0 Å². The summed E-state index contributed by atoms with van der Waals surface area (Å²) in [4.78, 5) is 22.4. The molecular weight excluding hydrogens is 291 g/mol. The average molecular weight is 303 g/mol. The zero-order valence-electron chi connectivity index (χ0n) is 10.9. The second-order valence-electron chi connectivity index (χ2n) is 3.73. The third-order valence-electron chi connectivity index (χ3n) is 2.02. The van der Waals surface area contributed by atoms with E-state index in [1.165, 1.54) is 18.2 Å². The Morgan fingerprint density at radius 2 is 1.86 bits per heavy atom. The minimum Gasteiger partial charge on any atom is -0.452 e. The normalized spacial score (nSPS) is 11.2. The molecule has 0 atom stereocenters. The smallest absolute Gasteiger partial charge is 0.452 e. The number of alkyl halides is 3. The molecule has 21 heavy (non-hydrogen) atoms. The molecule has 1 aromatic rings. The van der Waals surface area contributed by atoms with Gasteiger partial charge in [0, 0.05) is 11.8 Å². The molecule has 0 bridgehead atoms. The van der Waals surface area contributed by atoms with Crippen molar-refractivity contribution in [2.75, 3.05) is 11.9 Å². The van der Waals surface area contributed by atoms with Crippen LogP contribution in [0.25, 0.3) is 0 Å². The summed E-state index contributed by atoms with van der Waals surface area (Å²) in [7, 11) is 0. The molecule has 0 saturated carbocycles. The van der Waals surface area contributed by atoms with Crippen molar-refractivity contribution in [3.05, 3.63) is 36.4 Å². The monoisotopic (exact) mass is 303 g/mol. The van der Waals surface area contributed by atoms with E-state index in [4.69, 9.17) is 0 Å². The molecular formula is C13H12F3NO4. The molecule has 8 heteroatoms. The fraction of sp³-hybridized carbons (Fsp3) is 0.231. The summed E-state index contributed by atoms with van der Waals surface area (Å²) in [5.41, 5.74) is 0.247. The van der Waals surface area contributed by atoms with Gasteiger partial charge < -0.3 is 14.8 Å². The van der Waals surface area contributed by atoms with Crippen LogP contribution in [0.15, 0.2) is 36.4 Å². The van der Waals surface area contributed by atoms with E-state index in [1.54, 1.807) is 6.92 Å². The van der Waals surface area contributed by atoms with Gasteiger partial charge in [0.25, 0.3) is 5.91 Å². The zero-order chi connectivity index (χ0) is 15.9. The fourth-order valence-corrected chi connectivity index (χ4v) is 1.26. The Kier molecular flexibility index (Phi) is 5.77. The second kappa shape index (κ2) is 7.32. The van der Waals surface area contributed by atoms with Gasteiger partial charge in [0.15, 0.2) is 6.61 Å². The molecule has 0 aliphatic heterocycles. The maximum absolute atomic E-state index is 11.9. The minimum absolute atomic E-state index is 0.247. The third-order valence-corrected chi connectivity index (χ3v) is 2.02. The van der Waals surface area contributed by atoms with Crippen LogP contribution in [0, 0.1) is 0 Å². The molecule has 114 valence electrons. The first-order valence-electron chi connectivity index (χ1n) is 5.75. The summed E-state index contributed by atoms with van der Waals surface area (Å²) >= 11 is 0. The second-order valence-corrected chi connectivity index (χ2v) is 3.73. The summed E-state index contributed by atoms with van der Waals surface area (Å²) in [6.45, 7) is 1.12. The van der Waals surface area contributed by atoms with Crippen LogP contribution in [0.1, 0.15) is 6.92 Å². The van der Waals surface area contributed by atoms with Crippen LogP contribution in [0.3, 0.4) is 0 Å². The number of carbonyl (C=O) groups is 2. The van der Waals surface area contributed by atoms with Gasteiger partial charge in [-0.15, -0.1) is 13.2 Å². The lowest BCUT2D eigenvalue weighted by Crippen LogP contribution is -2.20. The first kappa shape index (κ1) is 16.5. The number of nitrogens with one attached hydrogen (secondary N) is 1. The molecule has 0 aromatic heterocycles. The molecule has 0 saturated heterocycles. The summed E-state index contributed by atoms with van der Waals surface area (Å²) in [6, 6.07) is 4.56. The number of esters is 1. The van der Waals surface area contributed by atoms with Crippen LogP contribution in [-0.4, -0.2) is 24.8 Å². The summed E-state index contributed by atoms with van der Waals surface area (Å²) in [6.07, 6.45) is -2.16. The molecule has 5 nitrogen and oxygen atoms in total. The Morgan fingerprint density at radius 1 is 1.24 bits per heavy atom. The number of rotatable bonds is 5. The number of anilines is 1. The number of hydrogen-bond acceptors (Lipinski definition) is 4. The molecule has 0 heterocycles. The molecule has 0 radical (unpaired) electrons. The van der Waals surface area contributed by atoms with Gasteiger partial charge in [0.1, 0.15) is 5.75 Å². The van der Waals surface area contributed by atoms with Crippen LogP contribution >= 0.6 is 0 Å². The van der Waals surface area contributed by atoms with Crippen molar-refractivity contribution in [2.24, 2.45) is 0 Å². The molecule has 1 N–H and O–H groups in total. The number of ether oxygens (including phenoxy) is 2. The largest absolute Gasteiger partial charge is 0.573 e. The van der Waals surface area contributed by atoms with Crippen LogP contribution in [0.2, 0.25) is 0 Å². The van der Waals surface area contributed by atoms with E-state index in [9.17, 15) is 22.8 Å². The van der Waals surface area contributed by atoms with Gasteiger partial charge in [-0.2, -0.15) is 0 Å². The lowest BCUT2D eigenvalue weighted by molar-refractivity contribution is -0.274. The van der Waals surface area contributed by atoms with E-state index in [-0.39, 0.29) is 5.69 Å². The van der Waals surface area contributed by atoms with Crippen LogP contribution in [-0.2, 0) is 14.3 Å². The number of hydrogen-bond donors (Lipinski definition) is 1. The first-order valence-corrected chi connectivity index (χ1v) is 5.75. The standard InChI is InChI=1S/C13H12F3NO4/c1-2-3-12(19)20-8-11(18)17-9-4-6-10(7-5-9)21-13(14,15)16/h2-7H,8H2,1H3,(H,17,18)/b3-2+. The average Bonchev–Trinajstić information content (AvgIpc) is 2.37. The van der Waals surface area contributed by atoms with Gasteiger partial charge in [0.2, 0.25) is 0 Å². The van der Waals surface area contributed by atoms with Crippen molar-refractivity contribution in [3.8, 4) is 5.75 Å². The summed E-state index contributed by atoms with van der Waals surface area (Å²) < 4.78 is 44.1. The predicted octanol–water partition coefficient (Wildman–Crippen LogP) is 2.64. The Bertz CT molecular complexity index is 523. The highest BCUT2D eigenvalue weighted by Crippen LogP contribution is 2.23. The number of amides is 1. The van der Waals surface area contributed by atoms with Gasteiger partial charge in [-0.25, -0.2) is 4.79 Å². The van der Waals surface area contributed by atoms with Crippen LogP contribution in [0.4, 0.5) is 18.9 Å². The first-order chi connectivity index (χ1) is 9.80. The van der Waals surface area contributed by atoms with Gasteiger partial charge in [-0.05, 0) is 31.2 Å². The molecule has 0 unspecified atom stereocenters. The van der Waals surface area contributed by atoms with E-state index in [0.717, 1.165) is 18.2 Å². The highest BCUT2D eigenvalue weighted by molar-refractivity contribution is 5.93. The van der Waals surface area contributed by atoms with Crippen LogP contribution in [0.5, 0.6) is 5.75 Å². The third kappa shape index (κ3) is 7.00. The van der Waals surface area contributed by atoms with Crippen molar-refractivity contribution >= 4 is 17.6 Å². The van der Waals surface area contributed by atoms with Gasteiger partial charge >= 0.3 is 12.3 Å². The van der Waals surface area contributed by atoms with Gasteiger partial charge in [0.05, 0.1) is 0 Å². The van der Waals surface area contributed by atoms with Gasteiger partial charge in [-0.3, -0.25) is 4.79 Å². The highest BCUT2D eigenvalue weighted by atomic mass is 19.4. The van der Waals surface area contributed by atoms with Crippen LogP contribution < -0.4 is 10.1 Å². The van der Waals surface area contributed by atoms with Crippen molar-refractivity contribution in [1.82, 2.24) is 0 Å². The quantitative estimate of drug-likeness (QED) is 0.671. The molecule has 0 aliphatic rings. The van der Waals surface area contributed by atoms with Gasteiger partial charge in [-0.1, -0.05) is 6.08 Å². The molecule has 0 fully saturated rings. The number of allylic oxidation sites excluding steroid dienone is 1. The molecule has 0 aliphatic carbocycles. The lowest BCUT2D eigenvalue weighted by Gasteiger charge is -2.10. The molecule has 1 aromatic carbocycles. The van der Waals surface area contributed by atoms with Crippen molar-refractivity contribution in [2.45, 2.75) is 13.3 Å². The fourth-order valence-electron chi connectivity index (χ4n) is 1.26. The lowest BCUT2D eigenvalue weighted by atomic mass is 10.3. The highest BCUT2D eigenvalue weighted by Gasteiger charge is 2.30. The predicted molar refractivity (Wildman–Crippen MR) is 67.5 cm³/mol. The summed E-state index contributed by atoms with van der Waals surface area (Å²) in [5, 5.41) is 2.35. The van der Waals surface area contributed by atoms with Crippen molar-refractivity contribution < 1.29 is 32.2 Å². The Labute approximate surface area is 118 Å². The van der Waals surface area contributed by atoms with E-state index in [1.807, 2.05) is 0 Å². The van der Waals surface area contributed by atoms with E-state index in [0.29, 0.717) is 0 Å². The molecule has 0 spiro atoms. The SMILES string of the molecule is C/C=C/C(=O)OCC(=O)Nc1ccc(OC(F)(F)F)cc1. The minimum atomic E-state index is -4.77. The number of benzene rings is 1. The maximum atomic E-state index is 11.9. The zero-order valence-corrected chi connectivity index (χ0v) is 10.9. The molecule has 1 amide bonds. The van der Waals surface area contributed by atoms with E-state index < -0.39 is 30.6 Å².